The van der Waals surface area contributed by atoms with Crippen molar-refractivity contribution in [1.82, 2.24) is 5.32 Å². The number of ether oxygens (including phenoxy) is 1. The number of nitrogens with one attached hydrogen (secondary N) is 1. The number of hydrogen-bond donors (Lipinski definition) is 1. The van der Waals surface area contributed by atoms with Gasteiger partial charge in [-0.1, -0.05) is 54.6 Å². The Morgan fingerprint density at radius 1 is 1.03 bits per heavy atom. The number of aryl methyl sites for hydroxylation is 1. The molecule has 7 heteroatoms. The maximum Gasteiger partial charge on any atom is 0.254 e. The quantitative estimate of drug-likeness (QED) is 0.306. The fourth-order valence-electron chi connectivity index (χ4n) is 5.05. The number of nitrogens with zero attached hydrogens (tertiary/aromatic N) is 1. The molecule has 0 aliphatic heterocycles. The van der Waals surface area contributed by atoms with Crippen molar-refractivity contribution in [3.63, 3.8) is 0 Å². The third-order valence-electron chi connectivity index (χ3n) is 6.90. The van der Waals surface area contributed by atoms with E-state index in [0.717, 1.165) is 60.2 Å². The van der Waals surface area contributed by atoms with Gasteiger partial charge in [0.2, 0.25) is 0 Å². The maximum atomic E-state index is 13.5. The molecular formula is C29H30Cl2N2O2S. The van der Waals surface area contributed by atoms with Gasteiger partial charge < -0.3 is 10.1 Å². The average molecular weight is 542 g/mol. The first kappa shape index (κ1) is 25.3. The highest BCUT2D eigenvalue weighted by molar-refractivity contribution is 7.16. The summed E-state index contributed by atoms with van der Waals surface area (Å²) in [5, 5.41) is 5.36. The monoisotopic (exact) mass is 540 g/mol. The van der Waals surface area contributed by atoms with Crippen molar-refractivity contribution in [3.05, 3.63) is 79.6 Å². The molecule has 3 aromatic rings. The Morgan fingerprint density at radius 2 is 1.83 bits per heavy atom. The second-order valence-electron chi connectivity index (χ2n) is 9.56. The second-order valence-corrected chi connectivity index (χ2v) is 11.5. The summed E-state index contributed by atoms with van der Waals surface area (Å²) in [7, 11) is 0. The number of aliphatic imine (C=N–C) groups is 1. The lowest BCUT2D eigenvalue weighted by atomic mass is 9.93. The van der Waals surface area contributed by atoms with Gasteiger partial charge in [-0.2, -0.15) is 0 Å². The van der Waals surface area contributed by atoms with Crippen LogP contribution in [0.5, 0.6) is 5.75 Å². The van der Waals surface area contributed by atoms with Crippen LogP contribution in [0.1, 0.15) is 76.9 Å². The molecular weight excluding hydrogens is 511 g/mol. The Labute approximate surface area is 226 Å². The van der Waals surface area contributed by atoms with Crippen molar-refractivity contribution in [2.75, 3.05) is 0 Å². The minimum atomic E-state index is 0.0250. The van der Waals surface area contributed by atoms with Crippen LogP contribution in [0.3, 0.4) is 0 Å². The summed E-state index contributed by atoms with van der Waals surface area (Å²) >= 11 is 14.1. The van der Waals surface area contributed by atoms with E-state index >= 15 is 0 Å². The van der Waals surface area contributed by atoms with E-state index in [1.165, 1.54) is 29.7 Å². The maximum absolute atomic E-state index is 13.5. The van der Waals surface area contributed by atoms with Crippen LogP contribution in [0.2, 0.25) is 10.0 Å². The van der Waals surface area contributed by atoms with Crippen LogP contribution in [-0.4, -0.2) is 18.2 Å². The number of benzene rings is 2. The number of thiophene rings is 1. The van der Waals surface area contributed by atoms with Crippen molar-refractivity contribution in [1.29, 1.82) is 0 Å². The van der Waals surface area contributed by atoms with Gasteiger partial charge in [0.15, 0.2) is 0 Å². The zero-order valence-electron chi connectivity index (χ0n) is 20.2. The van der Waals surface area contributed by atoms with Crippen LogP contribution in [0.15, 0.2) is 47.5 Å². The minimum absolute atomic E-state index is 0.0250. The Balaban J connectivity index is 1.40. The first-order valence-electron chi connectivity index (χ1n) is 12.7. The first-order chi connectivity index (χ1) is 17.6. The zero-order valence-corrected chi connectivity index (χ0v) is 22.5. The molecule has 0 bridgehead atoms. The molecule has 4 nitrogen and oxygen atoms in total. The zero-order chi connectivity index (χ0) is 24.9. The van der Waals surface area contributed by atoms with Crippen LogP contribution in [-0.2, 0) is 19.4 Å². The second kappa shape index (κ2) is 11.8. The van der Waals surface area contributed by atoms with Gasteiger partial charge in [-0.25, -0.2) is 4.99 Å². The molecule has 188 valence electrons. The van der Waals surface area contributed by atoms with E-state index in [-0.39, 0.29) is 11.9 Å². The van der Waals surface area contributed by atoms with Crippen LogP contribution in [0.4, 0.5) is 5.00 Å². The van der Waals surface area contributed by atoms with E-state index in [4.69, 9.17) is 32.9 Å². The van der Waals surface area contributed by atoms with E-state index in [9.17, 15) is 4.79 Å². The third-order valence-corrected chi connectivity index (χ3v) is 8.57. The predicted molar refractivity (Wildman–Crippen MR) is 150 cm³/mol. The fourth-order valence-corrected chi connectivity index (χ4v) is 6.67. The molecule has 36 heavy (non-hydrogen) atoms. The molecule has 5 rings (SSSR count). The smallest absolute Gasteiger partial charge is 0.254 e. The van der Waals surface area contributed by atoms with Gasteiger partial charge in [0.05, 0.1) is 5.56 Å². The molecule has 1 N–H and O–H groups in total. The molecule has 1 saturated carbocycles. The van der Waals surface area contributed by atoms with Crippen molar-refractivity contribution in [3.8, 4) is 5.75 Å². The van der Waals surface area contributed by atoms with E-state index in [1.807, 2.05) is 36.4 Å². The van der Waals surface area contributed by atoms with Gasteiger partial charge in [0.1, 0.15) is 17.4 Å². The SMILES string of the molecule is O=C(NC1CCCCC1)c1c(N=Cc2cc(Cl)ccc2OCc2cccc(Cl)c2)sc2c1CCCC2. The lowest BCUT2D eigenvalue weighted by molar-refractivity contribution is 0.0927. The third kappa shape index (κ3) is 6.13. The highest BCUT2D eigenvalue weighted by atomic mass is 35.5. The van der Waals surface area contributed by atoms with Crippen LogP contribution in [0.25, 0.3) is 0 Å². The van der Waals surface area contributed by atoms with Crippen molar-refractivity contribution in [2.24, 2.45) is 4.99 Å². The normalized spacial score (nSPS) is 16.2. The summed E-state index contributed by atoms with van der Waals surface area (Å²) < 4.78 is 6.10. The van der Waals surface area contributed by atoms with Gasteiger partial charge in [-0.15, -0.1) is 11.3 Å². The van der Waals surface area contributed by atoms with Crippen LogP contribution < -0.4 is 10.1 Å². The van der Waals surface area contributed by atoms with Crippen molar-refractivity contribution >= 4 is 51.7 Å². The summed E-state index contributed by atoms with van der Waals surface area (Å²) in [6.07, 6.45) is 11.8. The molecule has 0 unspecified atom stereocenters. The molecule has 2 aromatic carbocycles. The number of fused-ring (bicyclic) bond motifs is 1. The number of hydrogen-bond acceptors (Lipinski definition) is 4. The van der Waals surface area contributed by atoms with Gasteiger partial charge in [0.25, 0.3) is 5.91 Å². The number of halogens is 2. The average Bonchev–Trinajstić information content (AvgIpc) is 3.26. The number of carbonyl (C=O) groups excluding carboxylic acids is 1. The number of rotatable bonds is 7. The molecule has 0 atom stereocenters. The van der Waals surface area contributed by atoms with Crippen LogP contribution >= 0.6 is 34.5 Å². The summed E-state index contributed by atoms with van der Waals surface area (Å²) in [5.74, 6) is 0.703. The first-order valence-corrected chi connectivity index (χ1v) is 14.3. The Morgan fingerprint density at radius 3 is 2.67 bits per heavy atom. The molecule has 0 radical (unpaired) electrons. The van der Waals surface area contributed by atoms with Gasteiger partial charge in [0, 0.05) is 32.7 Å². The van der Waals surface area contributed by atoms with E-state index in [1.54, 1.807) is 23.6 Å². The number of amides is 1. The van der Waals surface area contributed by atoms with Gasteiger partial charge >= 0.3 is 0 Å². The lowest BCUT2D eigenvalue weighted by Gasteiger charge is -2.23. The lowest BCUT2D eigenvalue weighted by Crippen LogP contribution is -2.36. The summed E-state index contributed by atoms with van der Waals surface area (Å²) in [4.78, 5) is 19.6. The predicted octanol–water partition coefficient (Wildman–Crippen LogP) is 8.33. The Bertz CT molecular complexity index is 1260. The fraction of sp³-hybridized carbons (Fsp3) is 0.379. The summed E-state index contributed by atoms with van der Waals surface area (Å²) in [5.41, 5.74) is 3.71. The molecule has 2 aliphatic carbocycles. The summed E-state index contributed by atoms with van der Waals surface area (Å²) in [6, 6.07) is 13.4. The Kier molecular flexibility index (Phi) is 8.30. The van der Waals surface area contributed by atoms with E-state index in [0.29, 0.717) is 22.4 Å². The largest absolute Gasteiger partial charge is 0.488 e. The summed E-state index contributed by atoms with van der Waals surface area (Å²) in [6.45, 7) is 0.380. The molecule has 1 fully saturated rings. The standard InChI is InChI=1S/C29H30Cl2N2O2S/c30-21-8-6-7-19(15-21)18-35-25-14-13-22(31)16-20(25)17-32-29-27(24-11-4-5-12-26(24)36-29)28(34)33-23-9-2-1-3-10-23/h6-8,13-17,23H,1-5,9-12,18H2,(H,33,34). The molecule has 1 heterocycles. The van der Waals surface area contributed by atoms with E-state index < -0.39 is 0 Å². The molecule has 1 aromatic heterocycles. The molecule has 0 spiro atoms. The number of carbonyl (C=O) groups is 1. The van der Waals surface area contributed by atoms with Crippen molar-refractivity contribution < 1.29 is 9.53 Å². The minimum Gasteiger partial charge on any atom is -0.488 e. The van der Waals surface area contributed by atoms with E-state index in [2.05, 4.69) is 5.32 Å². The van der Waals surface area contributed by atoms with Crippen molar-refractivity contribution in [2.45, 2.75) is 70.4 Å². The topological polar surface area (TPSA) is 50.7 Å². The Hall–Kier alpha value is -2.34. The molecule has 0 saturated heterocycles. The highest BCUT2D eigenvalue weighted by Crippen LogP contribution is 2.40. The van der Waals surface area contributed by atoms with Gasteiger partial charge in [-0.05, 0) is 80.0 Å². The molecule has 1 amide bonds. The highest BCUT2D eigenvalue weighted by Gasteiger charge is 2.27. The molecule has 2 aliphatic rings. The van der Waals surface area contributed by atoms with Gasteiger partial charge in [-0.3, -0.25) is 4.79 Å². The van der Waals surface area contributed by atoms with Crippen LogP contribution in [0, 0.1) is 0 Å².